The normalized spacial score (nSPS) is 23.2. The number of piperidine rings is 1. The molecule has 0 saturated carbocycles. The Bertz CT molecular complexity index is 470. The Kier molecular flexibility index (Phi) is 4.37. The minimum absolute atomic E-state index is 0.00218. The molecule has 2 unspecified atom stereocenters. The molecular formula is C14H18N2O2S. The minimum atomic E-state index is -0.179. The summed E-state index contributed by atoms with van der Waals surface area (Å²) in [5, 5.41) is 4.81. The van der Waals surface area contributed by atoms with Gasteiger partial charge in [-0.1, -0.05) is 12.1 Å². The first-order chi connectivity index (χ1) is 9.15. The third-order valence-electron chi connectivity index (χ3n) is 3.45. The maximum Gasteiger partial charge on any atom is 0.225 e. The number of thiophene rings is 1. The zero-order chi connectivity index (χ0) is 13.8. The van der Waals surface area contributed by atoms with Crippen molar-refractivity contribution in [1.29, 1.82) is 0 Å². The number of rotatable bonds is 4. The van der Waals surface area contributed by atoms with E-state index >= 15 is 0 Å². The highest BCUT2D eigenvalue weighted by Crippen LogP contribution is 2.37. The topological polar surface area (TPSA) is 49.4 Å². The molecule has 0 radical (unpaired) electrons. The second-order valence-corrected chi connectivity index (χ2v) is 5.62. The molecule has 0 bridgehead atoms. The van der Waals surface area contributed by atoms with Crippen LogP contribution in [-0.4, -0.2) is 30.3 Å². The van der Waals surface area contributed by atoms with Crippen molar-refractivity contribution in [2.45, 2.75) is 18.9 Å². The molecule has 0 spiro atoms. The molecule has 1 N–H and O–H groups in total. The number of carbonyl (C=O) groups excluding carboxylic acids is 2. The smallest absolute Gasteiger partial charge is 0.225 e. The summed E-state index contributed by atoms with van der Waals surface area (Å²) < 4.78 is 0. The van der Waals surface area contributed by atoms with E-state index in [2.05, 4.69) is 11.9 Å². The zero-order valence-corrected chi connectivity index (χ0v) is 11.8. The monoisotopic (exact) mass is 278 g/mol. The second kappa shape index (κ2) is 6.02. The van der Waals surface area contributed by atoms with Crippen molar-refractivity contribution in [2.75, 3.05) is 13.6 Å². The maximum atomic E-state index is 12.2. The molecule has 2 heterocycles. The minimum Gasteiger partial charge on any atom is -0.352 e. The van der Waals surface area contributed by atoms with Crippen LogP contribution in [0.25, 0.3) is 0 Å². The average Bonchev–Trinajstić information content (AvgIpc) is 2.92. The van der Waals surface area contributed by atoms with Crippen molar-refractivity contribution in [3.8, 4) is 0 Å². The van der Waals surface area contributed by atoms with Crippen LogP contribution in [0.3, 0.4) is 0 Å². The van der Waals surface area contributed by atoms with Gasteiger partial charge in [-0.15, -0.1) is 17.9 Å². The zero-order valence-electron chi connectivity index (χ0n) is 11.0. The standard InChI is InChI=1S/C14H18N2O2S/c1-3-8-15-14(18)10-6-7-12(17)16(2)13(10)11-5-4-9-19-11/h3-5,9-10,13H,1,6-8H2,2H3,(H,15,18). The molecule has 4 nitrogen and oxygen atoms in total. The van der Waals surface area contributed by atoms with Gasteiger partial charge < -0.3 is 10.2 Å². The number of nitrogens with zero attached hydrogens (tertiary/aromatic N) is 1. The molecule has 1 aromatic heterocycles. The summed E-state index contributed by atoms with van der Waals surface area (Å²) >= 11 is 1.59. The number of hydrogen-bond donors (Lipinski definition) is 1. The SMILES string of the molecule is C=CCNC(=O)C1CCC(=O)N(C)C1c1cccs1. The van der Waals surface area contributed by atoms with Gasteiger partial charge in [-0.2, -0.15) is 0 Å². The van der Waals surface area contributed by atoms with Crippen LogP contribution in [0.5, 0.6) is 0 Å². The number of hydrogen-bond acceptors (Lipinski definition) is 3. The molecule has 2 atom stereocenters. The molecule has 0 aliphatic carbocycles. The summed E-state index contributed by atoms with van der Waals surface area (Å²) in [6.07, 6.45) is 2.70. The van der Waals surface area contributed by atoms with Crippen molar-refractivity contribution < 1.29 is 9.59 Å². The van der Waals surface area contributed by atoms with Crippen molar-refractivity contribution in [1.82, 2.24) is 10.2 Å². The van der Waals surface area contributed by atoms with Crippen LogP contribution in [0.2, 0.25) is 0 Å². The number of carbonyl (C=O) groups is 2. The first-order valence-corrected chi connectivity index (χ1v) is 7.20. The fraction of sp³-hybridized carbons (Fsp3) is 0.429. The molecule has 1 saturated heterocycles. The second-order valence-electron chi connectivity index (χ2n) is 4.64. The van der Waals surface area contributed by atoms with Crippen LogP contribution in [-0.2, 0) is 9.59 Å². The Balaban J connectivity index is 2.22. The summed E-state index contributed by atoms with van der Waals surface area (Å²) in [5.41, 5.74) is 0. The van der Waals surface area contributed by atoms with Gasteiger partial charge in [-0.25, -0.2) is 0 Å². The predicted octanol–water partition coefficient (Wildman–Crippen LogP) is 1.96. The van der Waals surface area contributed by atoms with E-state index in [0.717, 1.165) is 4.88 Å². The van der Waals surface area contributed by atoms with Crippen molar-refractivity contribution in [2.24, 2.45) is 5.92 Å². The van der Waals surface area contributed by atoms with Gasteiger partial charge in [0.1, 0.15) is 0 Å². The van der Waals surface area contributed by atoms with Crippen molar-refractivity contribution >= 4 is 23.2 Å². The summed E-state index contributed by atoms with van der Waals surface area (Å²) in [6, 6.07) is 3.79. The highest BCUT2D eigenvalue weighted by molar-refractivity contribution is 7.10. The van der Waals surface area contributed by atoms with Gasteiger partial charge in [0.05, 0.1) is 12.0 Å². The molecule has 102 valence electrons. The largest absolute Gasteiger partial charge is 0.352 e. The van der Waals surface area contributed by atoms with E-state index in [0.29, 0.717) is 19.4 Å². The quantitative estimate of drug-likeness (QED) is 0.856. The molecule has 5 heteroatoms. The summed E-state index contributed by atoms with van der Waals surface area (Å²) in [6.45, 7) is 4.06. The molecule has 1 aromatic rings. The maximum absolute atomic E-state index is 12.2. The van der Waals surface area contributed by atoms with Gasteiger partial charge in [0.25, 0.3) is 0 Å². The van der Waals surface area contributed by atoms with Gasteiger partial charge in [-0.3, -0.25) is 9.59 Å². The third kappa shape index (κ3) is 2.87. The Morgan fingerprint density at radius 3 is 3.11 bits per heavy atom. The number of amides is 2. The van der Waals surface area contributed by atoms with Crippen LogP contribution >= 0.6 is 11.3 Å². The highest BCUT2D eigenvalue weighted by atomic mass is 32.1. The molecule has 2 rings (SSSR count). The van der Waals surface area contributed by atoms with E-state index < -0.39 is 0 Å². The first-order valence-electron chi connectivity index (χ1n) is 6.32. The van der Waals surface area contributed by atoms with E-state index in [9.17, 15) is 9.59 Å². The molecule has 2 amide bonds. The summed E-state index contributed by atoms with van der Waals surface area (Å²) in [7, 11) is 1.78. The molecule has 1 fully saturated rings. The Labute approximate surface area is 117 Å². The van der Waals surface area contributed by atoms with Gasteiger partial charge in [-0.05, 0) is 17.9 Å². The Morgan fingerprint density at radius 1 is 1.68 bits per heavy atom. The van der Waals surface area contributed by atoms with E-state index in [1.54, 1.807) is 29.4 Å². The average molecular weight is 278 g/mol. The molecule has 0 aromatic carbocycles. The van der Waals surface area contributed by atoms with Crippen LogP contribution < -0.4 is 5.32 Å². The summed E-state index contributed by atoms with van der Waals surface area (Å²) in [4.78, 5) is 26.9. The van der Waals surface area contributed by atoms with E-state index in [4.69, 9.17) is 0 Å². The molecule has 1 aliphatic heterocycles. The lowest BCUT2D eigenvalue weighted by atomic mass is 9.87. The number of nitrogens with one attached hydrogen (secondary N) is 1. The fourth-order valence-corrected chi connectivity index (χ4v) is 3.40. The van der Waals surface area contributed by atoms with Crippen LogP contribution in [0.1, 0.15) is 23.8 Å². The fourth-order valence-electron chi connectivity index (χ4n) is 2.47. The highest BCUT2D eigenvalue weighted by Gasteiger charge is 2.39. The van der Waals surface area contributed by atoms with Gasteiger partial charge in [0.2, 0.25) is 11.8 Å². The van der Waals surface area contributed by atoms with Crippen LogP contribution in [0.15, 0.2) is 30.2 Å². The van der Waals surface area contributed by atoms with E-state index in [1.807, 2.05) is 17.5 Å². The first kappa shape index (κ1) is 13.8. The lowest BCUT2D eigenvalue weighted by Crippen LogP contribution is -2.46. The van der Waals surface area contributed by atoms with Gasteiger partial charge in [0.15, 0.2) is 0 Å². The lowest BCUT2D eigenvalue weighted by Gasteiger charge is -2.37. The van der Waals surface area contributed by atoms with E-state index in [-0.39, 0.29) is 23.8 Å². The van der Waals surface area contributed by atoms with Crippen molar-refractivity contribution in [3.05, 3.63) is 35.0 Å². The van der Waals surface area contributed by atoms with Gasteiger partial charge in [0, 0.05) is 24.9 Å². The van der Waals surface area contributed by atoms with Gasteiger partial charge >= 0.3 is 0 Å². The number of likely N-dealkylation sites (tertiary alicyclic amines) is 1. The van der Waals surface area contributed by atoms with E-state index in [1.165, 1.54) is 0 Å². The third-order valence-corrected chi connectivity index (χ3v) is 4.40. The predicted molar refractivity (Wildman–Crippen MR) is 75.8 cm³/mol. The molecule has 19 heavy (non-hydrogen) atoms. The lowest BCUT2D eigenvalue weighted by molar-refractivity contribution is -0.141. The van der Waals surface area contributed by atoms with Crippen molar-refractivity contribution in [3.63, 3.8) is 0 Å². The summed E-state index contributed by atoms with van der Waals surface area (Å²) in [5.74, 6) is -0.0786. The van der Waals surface area contributed by atoms with Crippen LogP contribution in [0.4, 0.5) is 0 Å². The molecular weight excluding hydrogens is 260 g/mol. The molecule has 1 aliphatic rings. The Morgan fingerprint density at radius 2 is 2.47 bits per heavy atom. The Hall–Kier alpha value is -1.62. The van der Waals surface area contributed by atoms with Crippen LogP contribution in [0, 0.1) is 5.92 Å².